The van der Waals surface area contributed by atoms with Gasteiger partial charge in [0, 0.05) is 43.5 Å². The largest absolute Gasteiger partial charge is 0.438 e. The Kier molecular flexibility index (Phi) is 6.90. The number of anilines is 2. The zero-order chi connectivity index (χ0) is 24.2. The monoisotopic (exact) mass is 464 g/mol. The van der Waals surface area contributed by atoms with Gasteiger partial charge < -0.3 is 20.7 Å². The summed E-state index contributed by atoms with van der Waals surface area (Å²) in [5, 5.41) is 3.46. The predicted molar refractivity (Wildman–Crippen MR) is 129 cm³/mol. The Hall–Kier alpha value is -3.75. The van der Waals surface area contributed by atoms with Gasteiger partial charge in [0.25, 0.3) is 5.91 Å². The van der Waals surface area contributed by atoms with Crippen LogP contribution in [-0.4, -0.2) is 41.0 Å². The maximum absolute atomic E-state index is 13.2. The lowest BCUT2D eigenvalue weighted by Gasteiger charge is -2.29. The Morgan fingerprint density at radius 2 is 1.79 bits per heavy atom. The molecule has 3 N–H and O–H groups in total. The van der Waals surface area contributed by atoms with Crippen LogP contribution in [-0.2, 0) is 0 Å². The number of hydrogen-bond donors (Lipinski definition) is 2. The van der Waals surface area contributed by atoms with Crippen LogP contribution in [0.2, 0.25) is 0 Å². The number of amides is 1. The molecule has 34 heavy (non-hydrogen) atoms. The van der Waals surface area contributed by atoms with E-state index < -0.39 is 5.91 Å². The molecular formula is C25H29FN6O2. The molecule has 1 aliphatic carbocycles. The first-order valence-corrected chi connectivity index (χ1v) is 11.3. The molecule has 4 rings (SSSR count). The molecule has 0 radical (unpaired) electrons. The number of carbonyl (C=O) groups is 1. The number of halogens is 1. The van der Waals surface area contributed by atoms with Crippen molar-refractivity contribution in [2.45, 2.75) is 44.6 Å². The average molecular weight is 465 g/mol. The summed E-state index contributed by atoms with van der Waals surface area (Å²) in [5.41, 5.74) is 7.58. The van der Waals surface area contributed by atoms with E-state index in [2.05, 4.69) is 20.3 Å². The molecule has 2 aromatic heterocycles. The first-order chi connectivity index (χ1) is 16.3. The number of ether oxygens (including phenoxy) is 1. The lowest BCUT2D eigenvalue weighted by atomic mass is 9.84. The number of aromatic nitrogens is 3. The van der Waals surface area contributed by atoms with Crippen LogP contribution in [0.1, 0.15) is 53.2 Å². The molecule has 178 valence electrons. The van der Waals surface area contributed by atoms with Crippen LogP contribution >= 0.6 is 0 Å². The van der Waals surface area contributed by atoms with Crippen LogP contribution in [0.3, 0.4) is 0 Å². The van der Waals surface area contributed by atoms with Gasteiger partial charge in [-0.25, -0.2) is 14.4 Å². The SMILES string of the molecule is Cc1cnc(NC2CCC(c3ccc(C(N)=O)c(Oc4ccc(F)cc4)n3)CC2)nc1N(C)C. The van der Waals surface area contributed by atoms with E-state index in [1.807, 2.05) is 38.2 Å². The van der Waals surface area contributed by atoms with E-state index in [-0.39, 0.29) is 29.2 Å². The smallest absolute Gasteiger partial charge is 0.254 e. The van der Waals surface area contributed by atoms with Gasteiger partial charge in [-0.1, -0.05) is 0 Å². The summed E-state index contributed by atoms with van der Waals surface area (Å²) in [7, 11) is 3.93. The Morgan fingerprint density at radius 3 is 2.44 bits per heavy atom. The molecule has 1 fully saturated rings. The fraction of sp³-hybridized carbons (Fsp3) is 0.360. The summed E-state index contributed by atoms with van der Waals surface area (Å²) >= 11 is 0. The molecule has 0 saturated heterocycles. The second kappa shape index (κ2) is 10.0. The van der Waals surface area contributed by atoms with E-state index in [1.165, 1.54) is 24.3 Å². The van der Waals surface area contributed by atoms with E-state index >= 15 is 0 Å². The third-order valence-corrected chi connectivity index (χ3v) is 6.02. The summed E-state index contributed by atoms with van der Waals surface area (Å²) in [6.07, 6.45) is 5.55. The topological polar surface area (TPSA) is 106 Å². The number of rotatable bonds is 7. The predicted octanol–water partition coefficient (Wildman–Crippen LogP) is 4.41. The highest BCUT2D eigenvalue weighted by atomic mass is 19.1. The number of aryl methyl sites for hydroxylation is 1. The van der Waals surface area contributed by atoms with Gasteiger partial charge in [-0.2, -0.15) is 4.98 Å². The summed E-state index contributed by atoms with van der Waals surface area (Å²) in [6.45, 7) is 1.99. The summed E-state index contributed by atoms with van der Waals surface area (Å²) in [4.78, 5) is 27.5. The zero-order valence-electron chi connectivity index (χ0n) is 19.6. The van der Waals surface area contributed by atoms with Crippen molar-refractivity contribution < 1.29 is 13.9 Å². The minimum atomic E-state index is -0.626. The van der Waals surface area contributed by atoms with Crippen LogP contribution in [0.15, 0.2) is 42.6 Å². The molecule has 8 nitrogen and oxygen atoms in total. The Balaban J connectivity index is 1.44. The minimum absolute atomic E-state index is 0.140. The third-order valence-electron chi connectivity index (χ3n) is 6.02. The van der Waals surface area contributed by atoms with Crippen LogP contribution in [0.5, 0.6) is 11.6 Å². The van der Waals surface area contributed by atoms with Gasteiger partial charge in [-0.3, -0.25) is 4.79 Å². The van der Waals surface area contributed by atoms with Crippen molar-refractivity contribution in [1.82, 2.24) is 15.0 Å². The van der Waals surface area contributed by atoms with Crippen molar-refractivity contribution in [3.63, 3.8) is 0 Å². The van der Waals surface area contributed by atoms with Crippen molar-refractivity contribution >= 4 is 17.7 Å². The van der Waals surface area contributed by atoms with Gasteiger partial charge in [0.05, 0.1) is 0 Å². The second-order valence-corrected chi connectivity index (χ2v) is 8.80. The maximum Gasteiger partial charge on any atom is 0.254 e. The summed E-state index contributed by atoms with van der Waals surface area (Å²) < 4.78 is 19.0. The van der Waals surface area contributed by atoms with Crippen molar-refractivity contribution in [3.05, 3.63) is 65.2 Å². The number of pyridine rings is 1. The van der Waals surface area contributed by atoms with Gasteiger partial charge in [0.2, 0.25) is 11.8 Å². The average Bonchev–Trinajstić information content (AvgIpc) is 2.82. The molecule has 1 aromatic carbocycles. The van der Waals surface area contributed by atoms with Crippen molar-refractivity contribution in [2.75, 3.05) is 24.3 Å². The summed E-state index contributed by atoms with van der Waals surface area (Å²) in [5.74, 6) is 1.29. The fourth-order valence-corrected chi connectivity index (χ4v) is 4.23. The van der Waals surface area contributed by atoms with Gasteiger partial charge in [0.15, 0.2) is 0 Å². The molecule has 0 aliphatic heterocycles. The van der Waals surface area contributed by atoms with E-state index in [0.717, 1.165) is 42.8 Å². The number of carbonyl (C=O) groups excluding carboxylic acids is 1. The normalized spacial score (nSPS) is 17.8. The molecule has 0 spiro atoms. The van der Waals surface area contributed by atoms with Crippen molar-refractivity contribution in [3.8, 4) is 11.6 Å². The minimum Gasteiger partial charge on any atom is -0.438 e. The highest BCUT2D eigenvalue weighted by molar-refractivity contribution is 5.95. The molecule has 3 aromatic rings. The quantitative estimate of drug-likeness (QED) is 0.533. The number of nitrogens with zero attached hydrogens (tertiary/aromatic N) is 4. The van der Waals surface area contributed by atoms with Crippen LogP contribution in [0.4, 0.5) is 16.2 Å². The molecule has 2 heterocycles. The first-order valence-electron chi connectivity index (χ1n) is 11.3. The first kappa shape index (κ1) is 23.4. The van der Waals surface area contributed by atoms with Gasteiger partial charge in [0.1, 0.15) is 22.9 Å². The maximum atomic E-state index is 13.2. The number of nitrogens with one attached hydrogen (secondary N) is 1. The van der Waals surface area contributed by atoms with Gasteiger partial charge in [-0.05, 0) is 69.0 Å². The third kappa shape index (κ3) is 5.41. The van der Waals surface area contributed by atoms with Gasteiger partial charge in [-0.15, -0.1) is 0 Å². The number of hydrogen-bond acceptors (Lipinski definition) is 7. The lowest BCUT2D eigenvalue weighted by molar-refractivity contribution is 0.0997. The van der Waals surface area contributed by atoms with E-state index in [9.17, 15) is 9.18 Å². The molecule has 1 aliphatic rings. The van der Waals surface area contributed by atoms with Crippen molar-refractivity contribution in [2.24, 2.45) is 5.73 Å². The molecule has 9 heteroatoms. The highest BCUT2D eigenvalue weighted by Crippen LogP contribution is 2.35. The molecule has 1 saturated carbocycles. The number of primary amides is 1. The van der Waals surface area contributed by atoms with Crippen LogP contribution < -0.4 is 20.7 Å². The van der Waals surface area contributed by atoms with Crippen molar-refractivity contribution in [1.29, 1.82) is 0 Å². The van der Waals surface area contributed by atoms with Gasteiger partial charge >= 0.3 is 0 Å². The van der Waals surface area contributed by atoms with Crippen LogP contribution in [0, 0.1) is 12.7 Å². The van der Waals surface area contributed by atoms with E-state index in [0.29, 0.717) is 11.7 Å². The molecule has 1 amide bonds. The zero-order valence-corrected chi connectivity index (χ0v) is 19.6. The molecule has 0 unspecified atom stereocenters. The molecule has 0 atom stereocenters. The standard InChI is InChI=1S/C25H29FN6O2/c1-15-14-28-25(31-23(15)32(2)3)29-18-8-4-16(5-9-18)21-13-12-20(22(27)33)24(30-21)34-19-10-6-17(26)7-11-19/h6-7,10-14,16,18H,4-5,8-9H2,1-3H3,(H2,27,33)(H,28,29,31). The Labute approximate surface area is 198 Å². The molecule has 0 bridgehead atoms. The van der Waals surface area contributed by atoms with E-state index in [1.54, 1.807) is 6.07 Å². The molecular weight excluding hydrogens is 435 g/mol. The Morgan fingerprint density at radius 1 is 1.09 bits per heavy atom. The van der Waals surface area contributed by atoms with Crippen LogP contribution in [0.25, 0.3) is 0 Å². The lowest BCUT2D eigenvalue weighted by Crippen LogP contribution is -2.27. The number of nitrogens with two attached hydrogens (primary N) is 1. The Bertz CT molecular complexity index is 1160. The second-order valence-electron chi connectivity index (χ2n) is 8.80. The summed E-state index contributed by atoms with van der Waals surface area (Å²) in [6, 6.07) is 9.31. The fourth-order valence-electron chi connectivity index (χ4n) is 4.23. The van der Waals surface area contributed by atoms with E-state index in [4.69, 9.17) is 10.5 Å². The number of benzene rings is 1. The highest BCUT2D eigenvalue weighted by Gasteiger charge is 2.25.